The molecule has 0 radical (unpaired) electrons. The van der Waals surface area contributed by atoms with Crippen LogP contribution in [0, 0.1) is 11.6 Å². The average Bonchev–Trinajstić information content (AvgIpc) is 3.11. The minimum atomic E-state index is -0.758. The summed E-state index contributed by atoms with van der Waals surface area (Å²) in [6, 6.07) is 10.2. The van der Waals surface area contributed by atoms with Gasteiger partial charge in [0.1, 0.15) is 17.4 Å². The van der Waals surface area contributed by atoms with Crippen LogP contribution in [0.5, 0.6) is 5.75 Å². The van der Waals surface area contributed by atoms with Crippen molar-refractivity contribution in [2.75, 3.05) is 7.11 Å². The van der Waals surface area contributed by atoms with Crippen LogP contribution in [0.3, 0.4) is 0 Å². The molecule has 3 aromatic rings. The molecule has 0 saturated heterocycles. The third kappa shape index (κ3) is 4.37. The maximum atomic E-state index is 14.0. The lowest BCUT2D eigenvalue weighted by molar-refractivity contribution is 0.0989. The van der Waals surface area contributed by atoms with Crippen molar-refractivity contribution in [1.29, 1.82) is 0 Å². The summed E-state index contributed by atoms with van der Waals surface area (Å²) in [5, 5.41) is 8.20. The first-order valence-electron chi connectivity index (χ1n) is 8.79. The molecule has 0 bridgehead atoms. The SMILES string of the molecule is C=CCn1c(SC(C)C(=O)c2cc(F)ccc2F)nnc1-c1ccccc1OC. The zero-order valence-corrected chi connectivity index (χ0v) is 16.7. The molecule has 0 aliphatic carbocycles. The Balaban J connectivity index is 1.93. The number of ether oxygens (including phenoxy) is 1. The van der Waals surface area contributed by atoms with Gasteiger partial charge in [-0.1, -0.05) is 30.0 Å². The number of para-hydroxylation sites is 1. The Bertz CT molecular complexity index is 1050. The monoisotopic (exact) mass is 415 g/mol. The molecule has 0 amide bonds. The maximum absolute atomic E-state index is 14.0. The summed E-state index contributed by atoms with van der Waals surface area (Å²) in [7, 11) is 1.57. The summed E-state index contributed by atoms with van der Waals surface area (Å²) in [6.07, 6.45) is 1.69. The van der Waals surface area contributed by atoms with Crippen LogP contribution in [0.1, 0.15) is 17.3 Å². The van der Waals surface area contributed by atoms with Crippen LogP contribution in [0.4, 0.5) is 8.78 Å². The van der Waals surface area contributed by atoms with E-state index in [1.165, 1.54) is 0 Å². The topological polar surface area (TPSA) is 57.0 Å². The minimum Gasteiger partial charge on any atom is -0.496 e. The Hall–Kier alpha value is -3.00. The number of nitrogens with zero attached hydrogens (tertiary/aromatic N) is 3. The highest BCUT2D eigenvalue weighted by Gasteiger charge is 2.24. The molecule has 1 aromatic heterocycles. The normalized spacial score (nSPS) is 11.9. The summed E-state index contributed by atoms with van der Waals surface area (Å²) in [5.74, 6) is -0.764. The van der Waals surface area contributed by atoms with Gasteiger partial charge in [0, 0.05) is 6.54 Å². The number of hydrogen-bond donors (Lipinski definition) is 0. The lowest BCUT2D eigenvalue weighted by Crippen LogP contribution is -2.16. The summed E-state index contributed by atoms with van der Waals surface area (Å²) in [6.45, 7) is 5.78. The van der Waals surface area contributed by atoms with Crippen molar-refractivity contribution in [3.63, 3.8) is 0 Å². The summed E-state index contributed by atoms with van der Waals surface area (Å²) >= 11 is 1.12. The second-order valence-corrected chi connectivity index (χ2v) is 7.46. The molecule has 0 fully saturated rings. The fraction of sp³-hybridized carbons (Fsp3) is 0.190. The van der Waals surface area contributed by atoms with E-state index < -0.39 is 22.7 Å². The van der Waals surface area contributed by atoms with Crippen LogP contribution >= 0.6 is 11.8 Å². The average molecular weight is 415 g/mol. The van der Waals surface area contributed by atoms with Crippen LogP contribution in [0.2, 0.25) is 0 Å². The Morgan fingerprint density at radius 1 is 1.28 bits per heavy atom. The van der Waals surface area contributed by atoms with Gasteiger partial charge in [-0.15, -0.1) is 16.8 Å². The number of carbonyl (C=O) groups is 1. The number of halogens is 2. The molecule has 0 saturated carbocycles. The molecule has 2 aromatic carbocycles. The number of allylic oxidation sites excluding steroid dienone is 1. The number of Topliss-reactive ketones (excluding diaryl/α,β-unsaturated/α-hetero) is 1. The standard InChI is InChI=1S/C21H19F2N3O2S/c1-4-11-26-20(15-7-5-6-8-18(15)28-3)24-25-21(26)29-13(2)19(27)16-12-14(22)9-10-17(16)23/h4-10,12-13H,1,11H2,2-3H3. The molecule has 0 aliphatic rings. The number of hydrogen-bond acceptors (Lipinski definition) is 5. The molecule has 1 atom stereocenters. The zero-order chi connectivity index (χ0) is 21.0. The molecular weight excluding hydrogens is 396 g/mol. The number of methoxy groups -OCH3 is 1. The van der Waals surface area contributed by atoms with Gasteiger partial charge in [-0.05, 0) is 37.3 Å². The van der Waals surface area contributed by atoms with Crippen LogP contribution in [-0.4, -0.2) is 32.9 Å². The zero-order valence-electron chi connectivity index (χ0n) is 15.9. The van der Waals surface area contributed by atoms with Gasteiger partial charge in [0.25, 0.3) is 0 Å². The van der Waals surface area contributed by atoms with E-state index in [9.17, 15) is 13.6 Å². The molecule has 1 unspecified atom stereocenters. The third-order valence-electron chi connectivity index (χ3n) is 4.22. The molecule has 3 rings (SSSR count). The molecule has 8 heteroatoms. The largest absolute Gasteiger partial charge is 0.496 e. The van der Waals surface area contributed by atoms with E-state index in [1.54, 1.807) is 24.7 Å². The molecule has 0 aliphatic heterocycles. The lowest BCUT2D eigenvalue weighted by atomic mass is 10.1. The van der Waals surface area contributed by atoms with Crippen molar-refractivity contribution in [2.45, 2.75) is 23.9 Å². The van der Waals surface area contributed by atoms with Gasteiger partial charge in [0.2, 0.25) is 0 Å². The first-order chi connectivity index (χ1) is 14.0. The van der Waals surface area contributed by atoms with E-state index in [-0.39, 0.29) is 5.56 Å². The molecule has 0 N–H and O–H groups in total. The number of ketones is 1. The van der Waals surface area contributed by atoms with Crippen LogP contribution in [-0.2, 0) is 6.54 Å². The summed E-state index contributed by atoms with van der Waals surface area (Å²) in [5.41, 5.74) is 0.455. The van der Waals surface area contributed by atoms with E-state index in [2.05, 4.69) is 16.8 Å². The number of benzene rings is 2. The highest BCUT2D eigenvalue weighted by Crippen LogP contribution is 2.32. The lowest BCUT2D eigenvalue weighted by Gasteiger charge is -2.13. The minimum absolute atomic E-state index is 0.287. The smallest absolute Gasteiger partial charge is 0.192 e. The van der Waals surface area contributed by atoms with Gasteiger partial charge in [0.05, 0.1) is 23.5 Å². The first kappa shape index (κ1) is 20.7. The van der Waals surface area contributed by atoms with Crippen LogP contribution < -0.4 is 4.74 Å². The van der Waals surface area contributed by atoms with Gasteiger partial charge in [0.15, 0.2) is 16.8 Å². The maximum Gasteiger partial charge on any atom is 0.192 e. The van der Waals surface area contributed by atoms with Gasteiger partial charge in [-0.2, -0.15) is 0 Å². The molecular formula is C21H19F2N3O2S. The molecule has 0 spiro atoms. The van der Waals surface area contributed by atoms with Gasteiger partial charge < -0.3 is 4.74 Å². The van der Waals surface area contributed by atoms with Crippen molar-refractivity contribution in [2.24, 2.45) is 0 Å². The van der Waals surface area contributed by atoms with Crippen LogP contribution in [0.25, 0.3) is 11.4 Å². The van der Waals surface area contributed by atoms with Crippen molar-refractivity contribution < 1.29 is 18.3 Å². The third-order valence-corrected chi connectivity index (χ3v) is 5.30. The predicted octanol–water partition coefficient (Wildman–Crippen LogP) is 4.78. The van der Waals surface area contributed by atoms with E-state index in [0.717, 1.165) is 35.5 Å². The van der Waals surface area contributed by atoms with E-state index in [1.807, 2.05) is 24.3 Å². The van der Waals surface area contributed by atoms with Crippen molar-refractivity contribution in [3.05, 3.63) is 72.3 Å². The first-order valence-corrected chi connectivity index (χ1v) is 9.67. The van der Waals surface area contributed by atoms with Crippen molar-refractivity contribution in [3.8, 4) is 17.1 Å². The fourth-order valence-corrected chi connectivity index (χ4v) is 3.74. The molecule has 29 heavy (non-hydrogen) atoms. The quantitative estimate of drug-likeness (QED) is 0.301. The fourth-order valence-electron chi connectivity index (χ4n) is 2.82. The van der Waals surface area contributed by atoms with Gasteiger partial charge in [-0.25, -0.2) is 8.78 Å². The number of rotatable bonds is 8. The van der Waals surface area contributed by atoms with Crippen LogP contribution in [0.15, 0.2) is 60.3 Å². The van der Waals surface area contributed by atoms with E-state index >= 15 is 0 Å². The predicted molar refractivity (Wildman–Crippen MR) is 108 cm³/mol. The van der Waals surface area contributed by atoms with Gasteiger partial charge >= 0.3 is 0 Å². The Labute approximate surface area is 171 Å². The van der Waals surface area contributed by atoms with E-state index in [4.69, 9.17) is 4.74 Å². The van der Waals surface area contributed by atoms with Crippen molar-refractivity contribution in [1.82, 2.24) is 14.8 Å². The number of carbonyl (C=O) groups excluding carboxylic acids is 1. The molecule has 150 valence electrons. The highest BCUT2D eigenvalue weighted by atomic mass is 32.2. The summed E-state index contributed by atoms with van der Waals surface area (Å²) in [4.78, 5) is 12.6. The molecule has 1 heterocycles. The number of aromatic nitrogens is 3. The second-order valence-electron chi connectivity index (χ2n) is 6.15. The van der Waals surface area contributed by atoms with E-state index in [0.29, 0.717) is 23.3 Å². The molecule has 5 nitrogen and oxygen atoms in total. The van der Waals surface area contributed by atoms with Crippen molar-refractivity contribution >= 4 is 17.5 Å². The van der Waals surface area contributed by atoms with Gasteiger partial charge in [-0.3, -0.25) is 9.36 Å². The Morgan fingerprint density at radius 3 is 2.76 bits per heavy atom. The summed E-state index contributed by atoms with van der Waals surface area (Å²) < 4.78 is 34.6. The number of thioether (sulfide) groups is 1. The Kier molecular flexibility index (Phi) is 6.43. The highest BCUT2D eigenvalue weighted by molar-refractivity contribution is 8.00. The Morgan fingerprint density at radius 2 is 2.03 bits per heavy atom. The second kappa shape index (κ2) is 9.00.